The van der Waals surface area contributed by atoms with Crippen LogP contribution < -0.4 is 16.2 Å². The van der Waals surface area contributed by atoms with Crippen LogP contribution in [0.4, 0.5) is 5.82 Å². The van der Waals surface area contributed by atoms with E-state index in [9.17, 15) is 4.79 Å². The van der Waals surface area contributed by atoms with E-state index in [1.54, 1.807) is 0 Å². The molecule has 0 radical (unpaired) electrons. The number of nitrogens with two attached hydrogens (primary N) is 1. The minimum absolute atomic E-state index is 0.0931. The Labute approximate surface area is 109 Å². The molecule has 16 heavy (non-hydrogen) atoms. The summed E-state index contributed by atoms with van der Waals surface area (Å²) in [6.45, 7) is 6.40. The average molecular weight is 336 g/mol. The van der Waals surface area contributed by atoms with Crippen molar-refractivity contribution >= 4 is 28.4 Å². The highest BCUT2D eigenvalue weighted by Gasteiger charge is 2.14. The van der Waals surface area contributed by atoms with Crippen molar-refractivity contribution in [1.82, 2.24) is 9.97 Å². The Morgan fingerprint density at radius 2 is 2.38 bits per heavy atom. The van der Waals surface area contributed by atoms with Gasteiger partial charge in [0, 0.05) is 13.1 Å². The molecular weight excluding hydrogens is 319 g/mol. The lowest BCUT2D eigenvalue weighted by molar-refractivity contribution is 0.572. The van der Waals surface area contributed by atoms with Crippen LogP contribution in [-0.4, -0.2) is 29.6 Å². The van der Waals surface area contributed by atoms with Crippen LogP contribution in [-0.2, 0) is 0 Å². The topological polar surface area (TPSA) is 75.0 Å². The van der Waals surface area contributed by atoms with Gasteiger partial charge < -0.3 is 15.6 Å². The van der Waals surface area contributed by atoms with Crippen molar-refractivity contribution in [2.45, 2.75) is 13.8 Å². The lowest BCUT2D eigenvalue weighted by Crippen LogP contribution is -2.34. The Morgan fingerprint density at radius 1 is 1.69 bits per heavy atom. The van der Waals surface area contributed by atoms with E-state index in [1.165, 1.54) is 6.33 Å². The lowest BCUT2D eigenvalue weighted by Gasteiger charge is -2.25. The highest BCUT2D eigenvalue weighted by molar-refractivity contribution is 14.1. The Balaban J connectivity index is 2.95. The maximum atomic E-state index is 11.5. The van der Waals surface area contributed by atoms with Crippen LogP contribution in [0.25, 0.3) is 0 Å². The minimum Gasteiger partial charge on any atom is -0.355 e. The van der Waals surface area contributed by atoms with Gasteiger partial charge in [0.15, 0.2) is 0 Å². The third-order valence-corrected chi connectivity index (χ3v) is 3.37. The molecule has 1 heterocycles. The molecule has 0 spiro atoms. The summed E-state index contributed by atoms with van der Waals surface area (Å²) in [5.74, 6) is 1.13. The summed E-state index contributed by atoms with van der Waals surface area (Å²) in [5.41, 5.74) is 5.51. The molecule has 1 rings (SSSR count). The first-order valence-corrected chi connectivity index (χ1v) is 6.36. The van der Waals surface area contributed by atoms with Gasteiger partial charge in [0.2, 0.25) is 0 Å². The van der Waals surface area contributed by atoms with E-state index in [0.29, 0.717) is 16.0 Å². The summed E-state index contributed by atoms with van der Waals surface area (Å²) < 4.78 is 0.631. The number of rotatable bonds is 5. The highest BCUT2D eigenvalue weighted by atomic mass is 127. The first-order chi connectivity index (χ1) is 7.60. The Morgan fingerprint density at radius 3 is 2.94 bits per heavy atom. The predicted octanol–water partition coefficient (Wildman–Crippen LogP) is 0.796. The van der Waals surface area contributed by atoms with Crippen molar-refractivity contribution in [1.29, 1.82) is 0 Å². The number of anilines is 1. The van der Waals surface area contributed by atoms with Gasteiger partial charge in [-0.3, -0.25) is 4.79 Å². The van der Waals surface area contributed by atoms with Crippen molar-refractivity contribution < 1.29 is 0 Å². The molecule has 0 aromatic carbocycles. The lowest BCUT2D eigenvalue weighted by atomic mass is 10.1. The van der Waals surface area contributed by atoms with Crippen LogP contribution in [0.2, 0.25) is 0 Å². The predicted molar refractivity (Wildman–Crippen MR) is 73.7 cm³/mol. The van der Waals surface area contributed by atoms with Gasteiger partial charge >= 0.3 is 0 Å². The Kier molecular flexibility index (Phi) is 5.20. The van der Waals surface area contributed by atoms with E-state index >= 15 is 0 Å². The quantitative estimate of drug-likeness (QED) is 0.780. The molecule has 0 amide bonds. The molecule has 0 saturated heterocycles. The van der Waals surface area contributed by atoms with Gasteiger partial charge in [-0.2, -0.15) is 0 Å². The second kappa shape index (κ2) is 6.19. The fourth-order valence-electron chi connectivity index (χ4n) is 1.41. The summed E-state index contributed by atoms with van der Waals surface area (Å²) in [5, 5.41) is 0. The largest absolute Gasteiger partial charge is 0.355 e. The number of hydrogen-bond acceptors (Lipinski definition) is 4. The second-order valence-electron chi connectivity index (χ2n) is 3.75. The number of nitrogens with zero attached hydrogens (tertiary/aromatic N) is 2. The maximum absolute atomic E-state index is 11.5. The van der Waals surface area contributed by atoms with E-state index < -0.39 is 0 Å². The number of nitrogens with one attached hydrogen (secondary N) is 1. The molecule has 1 aromatic heterocycles. The van der Waals surface area contributed by atoms with Gasteiger partial charge in [0.1, 0.15) is 9.39 Å². The molecule has 1 aromatic rings. The van der Waals surface area contributed by atoms with Crippen molar-refractivity contribution in [3.8, 4) is 0 Å². The van der Waals surface area contributed by atoms with Crippen LogP contribution in [0.15, 0.2) is 11.1 Å². The van der Waals surface area contributed by atoms with Gasteiger partial charge in [-0.1, -0.05) is 6.92 Å². The molecule has 5 nitrogen and oxygen atoms in total. The van der Waals surface area contributed by atoms with Crippen molar-refractivity contribution in [3.63, 3.8) is 0 Å². The monoisotopic (exact) mass is 336 g/mol. The zero-order valence-electron chi connectivity index (χ0n) is 9.53. The molecule has 0 fully saturated rings. The van der Waals surface area contributed by atoms with E-state index in [0.717, 1.165) is 18.9 Å². The molecule has 3 N–H and O–H groups in total. The Bertz CT molecular complexity index is 393. The van der Waals surface area contributed by atoms with E-state index in [4.69, 9.17) is 5.73 Å². The average Bonchev–Trinajstić information content (AvgIpc) is 2.29. The van der Waals surface area contributed by atoms with Crippen LogP contribution in [0, 0.1) is 9.49 Å². The zero-order valence-corrected chi connectivity index (χ0v) is 11.7. The molecule has 90 valence electrons. The van der Waals surface area contributed by atoms with Gasteiger partial charge in [-0.25, -0.2) is 4.98 Å². The number of aromatic nitrogens is 2. The first-order valence-electron chi connectivity index (χ1n) is 5.28. The zero-order chi connectivity index (χ0) is 12.1. The molecule has 0 aliphatic heterocycles. The second-order valence-corrected chi connectivity index (χ2v) is 4.83. The van der Waals surface area contributed by atoms with Crippen LogP contribution in [0.5, 0.6) is 0 Å². The van der Waals surface area contributed by atoms with Gasteiger partial charge in [0.05, 0.1) is 6.33 Å². The van der Waals surface area contributed by atoms with Crippen LogP contribution >= 0.6 is 22.6 Å². The molecular formula is C10H17IN4O. The van der Waals surface area contributed by atoms with Gasteiger partial charge in [-0.15, -0.1) is 0 Å². The summed E-state index contributed by atoms with van der Waals surface area (Å²) in [7, 11) is 0. The number of aromatic amines is 1. The smallest absolute Gasteiger partial charge is 0.266 e. The SMILES string of the molecule is CCN(CC(C)CN)c1nc[nH]c(=O)c1I. The van der Waals surface area contributed by atoms with Crippen molar-refractivity contribution in [2.75, 3.05) is 24.5 Å². The standard InChI is InChI=1S/C10H17IN4O/c1-3-15(5-7(2)4-12)9-8(11)10(16)14-6-13-9/h6-7H,3-5,12H2,1-2H3,(H,13,14,16). The molecule has 1 unspecified atom stereocenters. The fourth-order valence-corrected chi connectivity index (χ4v) is 2.05. The summed E-state index contributed by atoms with van der Waals surface area (Å²) in [4.78, 5) is 20.3. The molecule has 1 atom stereocenters. The summed E-state index contributed by atoms with van der Waals surface area (Å²) in [6.07, 6.45) is 1.44. The van der Waals surface area contributed by atoms with E-state index in [-0.39, 0.29) is 5.56 Å². The maximum Gasteiger partial charge on any atom is 0.266 e. The first kappa shape index (κ1) is 13.4. The summed E-state index contributed by atoms with van der Waals surface area (Å²) >= 11 is 2.02. The van der Waals surface area contributed by atoms with Crippen LogP contribution in [0.1, 0.15) is 13.8 Å². The van der Waals surface area contributed by atoms with E-state index in [1.807, 2.05) is 29.5 Å². The number of H-pyrrole nitrogens is 1. The third kappa shape index (κ3) is 3.18. The van der Waals surface area contributed by atoms with Gasteiger partial charge in [-0.05, 0) is 42.0 Å². The minimum atomic E-state index is -0.0931. The van der Waals surface area contributed by atoms with Gasteiger partial charge in [0.25, 0.3) is 5.56 Å². The molecule has 0 aliphatic carbocycles. The summed E-state index contributed by atoms with van der Waals surface area (Å²) in [6, 6.07) is 0. The number of halogens is 1. The third-order valence-electron chi connectivity index (χ3n) is 2.39. The highest BCUT2D eigenvalue weighted by Crippen LogP contribution is 2.16. The fraction of sp³-hybridized carbons (Fsp3) is 0.600. The normalized spacial score (nSPS) is 12.5. The van der Waals surface area contributed by atoms with Crippen molar-refractivity contribution in [2.24, 2.45) is 11.7 Å². The molecule has 0 saturated carbocycles. The molecule has 0 bridgehead atoms. The Hall–Kier alpha value is -0.630. The number of hydrogen-bond donors (Lipinski definition) is 2. The van der Waals surface area contributed by atoms with Crippen molar-refractivity contribution in [3.05, 3.63) is 20.3 Å². The molecule has 6 heteroatoms. The van der Waals surface area contributed by atoms with Crippen LogP contribution in [0.3, 0.4) is 0 Å². The van der Waals surface area contributed by atoms with E-state index in [2.05, 4.69) is 21.8 Å². The molecule has 0 aliphatic rings.